The summed E-state index contributed by atoms with van der Waals surface area (Å²) in [6.45, 7) is 0. The number of carbonyl (C=O) groups is 1. The maximum atomic E-state index is 12.8. The van der Waals surface area contributed by atoms with Crippen molar-refractivity contribution in [2.75, 3.05) is 21.3 Å². The predicted octanol–water partition coefficient (Wildman–Crippen LogP) is 2.85. The lowest BCUT2D eigenvalue weighted by atomic mass is 9.88. The van der Waals surface area contributed by atoms with Crippen LogP contribution >= 0.6 is 0 Å². The number of carbonyl (C=O) groups excluding carboxylic acids is 1. The molecule has 2 heterocycles. The average Bonchev–Trinajstić information content (AvgIpc) is 2.90. The summed E-state index contributed by atoms with van der Waals surface area (Å²) in [5.41, 5.74) is 0.612. The van der Waals surface area contributed by atoms with Crippen LogP contribution in [-0.4, -0.2) is 39.3 Å². The number of hydrogen-bond acceptors (Lipinski definition) is 5. The van der Waals surface area contributed by atoms with Crippen LogP contribution in [0.25, 0.3) is 0 Å². The third-order valence-corrected chi connectivity index (χ3v) is 4.61. The van der Waals surface area contributed by atoms with E-state index < -0.39 is 0 Å². The first-order valence-corrected chi connectivity index (χ1v) is 7.66. The van der Waals surface area contributed by atoms with Crippen LogP contribution in [0.2, 0.25) is 0 Å². The second-order valence-corrected chi connectivity index (χ2v) is 5.90. The largest absolute Gasteiger partial charge is 0.493 e. The molecule has 0 saturated carbocycles. The molecular formula is C17H22O5. The van der Waals surface area contributed by atoms with Crippen molar-refractivity contribution in [3.63, 3.8) is 0 Å². The van der Waals surface area contributed by atoms with E-state index in [4.69, 9.17) is 18.9 Å². The van der Waals surface area contributed by atoms with Crippen LogP contribution in [0.4, 0.5) is 0 Å². The Hall–Kier alpha value is -1.75. The van der Waals surface area contributed by atoms with Crippen molar-refractivity contribution < 1.29 is 23.7 Å². The Balaban J connectivity index is 1.89. The van der Waals surface area contributed by atoms with E-state index in [0.29, 0.717) is 22.8 Å². The van der Waals surface area contributed by atoms with E-state index in [0.717, 1.165) is 25.7 Å². The van der Waals surface area contributed by atoms with Crippen LogP contribution < -0.4 is 14.2 Å². The minimum absolute atomic E-state index is 0.0223. The van der Waals surface area contributed by atoms with E-state index in [1.807, 2.05) is 0 Å². The van der Waals surface area contributed by atoms with Gasteiger partial charge in [0.25, 0.3) is 0 Å². The van der Waals surface area contributed by atoms with Gasteiger partial charge in [0.1, 0.15) is 0 Å². The van der Waals surface area contributed by atoms with Gasteiger partial charge < -0.3 is 18.9 Å². The van der Waals surface area contributed by atoms with Crippen LogP contribution in [0.1, 0.15) is 36.0 Å². The lowest BCUT2D eigenvalue weighted by Gasteiger charge is -2.27. The Labute approximate surface area is 130 Å². The molecule has 0 aliphatic carbocycles. The highest BCUT2D eigenvalue weighted by Gasteiger charge is 2.38. The standard InChI is InChI=1S/C17H22O5/c1-19-14-8-11(9-15(20-2)17(14)21-3)16(18)10-6-12-4-5-13(7-10)22-12/h8-10,12-13H,4-7H2,1-3H3. The molecular weight excluding hydrogens is 284 g/mol. The number of ether oxygens (including phenoxy) is 4. The molecule has 2 unspecified atom stereocenters. The second-order valence-electron chi connectivity index (χ2n) is 5.90. The Morgan fingerprint density at radius 1 is 1.00 bits per heavy atom. The molecule has 0 spiro atoms. The zero-order valence-corrected chi connectivity index (χ0v) is 13.3. The van der Waals surface area contributed by atoms with Crippen molar-refractivity contribution in [1.29, 1.82) is 0 Å². The van der Waals surface area contributed by atoms with Crippen molar-refractivity contribution in [3.8, 4) is 17.2 Å². The van der Waals surface area contributed by atoms with Crippen molar-refractivity contribution >= 4 is 5.78 Å². The zero-order valence-electron chi connectivity index (χ0n) is 13.3. The van der Waals surface area contributed by atoms with E-state index in [-0.39, 0.29) is 23.9 Å². The van der Waals surface area contributed by atoms with Crippen LogP contribution in [0.5, 0.6) is 17.2 Å². The molecule has 0 radical (unpaired) electrons. The molecule has 1 aromatic carbocycles. The SMILES string of the molecule is COc1cc(C(=O)C2CC3CCC(C2)O3)cc(OC)c1OC. The summed E-state index contributed by atoms with van der Waals surface area (Å²) >= 11 is 0. The van der Waals surface area contributed by atoms with E-state index in [1.165, 1.54) is 0 Å². The third-order valence-electron chi connectivity index (χ3n) is 4.61. The van der Waals surface area contributed by atoms with Gasteiger partial charge in [-0.2, -0.15) is 0 Å². The van der Waals surface area contributed by atoms with Gasteiger partial charge in [0.15, 0.2) is 17.3 Å². The predicted molar refractivity (Wildman–Crippen MR) is 81.0 cm³/mol. The number of Topliss-reactive ketones (excluding diaryl/α,β-unsaturated/α-hetero) is 1. The summed E-state index contributed by atoms with van der Waals surface area (Å²) in [6.07, 6.45) is 4.26. The van der Waals surface area contributed by atoms with E-state index in [1.54, 1.807) is 33.5 Å². The van der Waals surface area contributed by atoms with Crippen LogP contribution in [0, 0.1) is 5.92 Å². The fourth-order valence-electron chi connectivity index (χ4n) is 3.53. The van der Waals surface area contributed by atoms with E-state index >= 15 is 0 Å². The van der Waals surface area contributed by atoms with Crippen molar-refractivity contribution in [1.82, 2.24) is 0 Å². The molecule has 2 aliphatic rings. The van der Waals surface area contributed by atoms with Gasteiger partial charge in [-0.05, 0) is 37.8 Å². The summed E-state index contributed by atoms with van der Waals surface area (Å²) in [5.74, 6) is 1.70. The molecule has 22 heavy (non-hydrogen) atoms. The Morgan fingerprint density at radius 3 is 2.00 bits per heavy atom. The molecule has 3 rings (SSSR count). The van der Waals surface area contributed by atoms with Gasteiger partial charge in [-0.1, -0.05) is 0 Å². The molecule has 2 bridgehead atoms. The molecule has 5 heteroatoms. The van der Waals surface area contributed by atoms with Gasteiger partial charge >= 0.3 is 0 Å². The number of benzene rings is 1. The molecule has 2 fully saturated rings. The molecule has 0 N–H and O–H groups in total. The summed E-state index contributed by atoms with van der Waals surface area (Å²) < 4.78 is 21.8. The fraction of sp³-hybridized carbons (Fsp3) is 0.588. The molecule has 5 nitrogen and oxygen atoms in total. The molecule has 120 valence electrons. The van der Waals surface area contributed by atoms with Crippen LogP contribution in [0.15, 0.2) is 12.1 Å². The number of ketones is 1. The maximum Gasteiger partial charge on any atom is 0.203 e. The normalized spacial score (nSPS) is 26.6. The van der Waals surface area contributed by atoms with E-state index in [2.05, 4.69) is 0 Å². The van der Waals surface area contributed by atoms with Crippen molar-refractivity contribution in [2.45, 2.75) is 37.9 Å². The highest BCUT2D eigenvalue weighted by Crippen LogP contribution is 2.41. The van der Waals surface area contributed by atoms with Crippen molar-refractivity contribution in [2.24, 2.45) is 5.92 Å². The molecule has 2 saturated heterocycles. The Bertz CT molecular complexity index is 531. The number of methoxy groups -OCH3 is 3. The topological polar surface area (TPSA) is 54.0 Å². The van der Waals surface area contributed by atoms with Gasteiger partial charge in [0.2, 0.25) is 5.75 Å². The van der Waals surface area contributed by atoms with Gasteiger partial charge in [0.05, 0.1) is 33.5 Å². The molecule has 2 atom stereocenters. The summed E-state index contributed by atoms with van der Waals surface area (Å²) in [6, 6.07) is 3.47. The van der Waals surface area contributed by atoms with Crippen LogP contribution in [-0.2, 0) is 4.74 Å². The van der Waals surface area contributed by atoms with Gasteiger partial charge in [-0.25, -0.2) is 0 Å². The van der Waals surface area contributed by atoms with Crippen molar-refractivity contribution in [3.05, 3.63) is 17.7 Å². The maximum absolute atomic E-state index is 12.8. The first-order valence-electron chi connectivity index (χ1n) is 7.66. The number of rotatable bonds is 5. The molecule has 2 aliphatic heterocycles. The lowest BCUT2D eigenvalue weighted by Crippen LogP contribution is -2.30. The third kappa shape index (κ3) is 2.65. The first-order chi connectivity index (χ1) is 10.7. The smallest absolute Gasteiger partial charge is 0.203 e. The van der Waals surface area contributed by atoms with Crippen LogP contribution in [0.3, 0.4) is 0 Å². The minimum atomic E-state index is 0.0223. The molecule has 1 aromatic rings. The average molecular weight is 306 g/mol. The highest BCUT2D eigenvalue weighted by molar-refractivity contribution is 5.99. The number of hydrogen-bond donors (Lipinski definition) is 0. The second kappa shape index (κ2) is 6.16. The Kier molecular flexibility index (Phi) is 4.25. The Morgan fingerprint density at radius 2 is 1.55 bits per heavy atom. The van der Waals surface area contributed by atoms with Gasteiger partial charge in [-0.3, -0.25) is 4.79 Å². The molecule has 0 amide bonds. The lowest BCUT2D eigenvalue weighted by molar-refractivity contribution is -0.0149. The van der Waals surface area contributed by atoms with Gasteiger partial charge in [0, 0.05) is 11.5 Å². The summed E-state index contributed by atoms with van der Waals surface area (Å²) in [4.78, 5) is 12.8. The summed E-state index contributed by atoms with van der Waals surface area (Å²) in [7, 11) is 4.67. The fourth-order valence-corrected chi connectivity index (χ4v) is 3.53. The monoisotopic (exact) mass is 306 g/mol. The molecule has 0 aromatic heterocycles. The summed E-state index contributed by atoms with van der Waals surface area (Å²) in [5, 5.41) is 0. The minimum Gasteiger partial charge on any atom is -0.493 e. The first kappa shape index (κ1) is 15.2. The number of fused-ring (bicyclic) bond motifs is 2. The van der Waals surface area contributed by atoms with Gasteiger partial charge in [-0.15, -0.1) is 0 Å². The van der Waals surface area contributed by atoms with E-state index in [9.17, 15) is 4.79 Å². The quantitative estimate of drug-likeness (QED) is 0.783. The zero-order chi connectivity index (χ0) is 15.7. The highest BCUT2D eigenvalue weighted by atomic mass is 16.5.